The Morgan fingerprint density at radius 3 is 2.35 bits per heavy atom. The number of hydrogen-bond acceptors (Lipinski definition) is 4. The first-order valence-corrected chi connectivity index (χ1v) is 10.7. The van der Waals surface area contributed by atoms with Crippen LogP contribution in [0.25, 0.3) is 0 Å². The largest absolute Gasteiger partial charge is 0.455 e. The molecule has 1 heterocycles. The molecule has 1 saturated carbocycles. The van der Waals surface area contributed by atoms with Gasteiger partial charge in [-0.05, 0) is 55.5 Å². The third kappa shape index (κ3) is 3.51. The van der Waals surface area contributed by atoms with Gasteiger partial charge in [0.1, 0.15) is 12.3 Å². The van der Waals surface area contributed by atoms with Crippen LogP contribution in [0.2, 0.25) is 5.02 Å². The van der Waals surface area contributed by atoms with E-state index in [-0.39, 0.29) is 42.0 Å². The molecular formula is C24H21ClN2O4. The number of aryl methyl sites for hydroxylation is 1. The van der Waals surface area contributed by atoms with Crippen LogP contribution in [0.3, 0.4) is 0 Å². The van der Waals surface area contributed by atoms with Crippen molar-refractivity contribution in [3.05, 3.63) is 65.2 Å². The number of carbonyl (C=O) groups is 3. The summed E-state index contributed by atoms with van der Waals surface area (Å²) < 4.78 is 5.90. The number of rotatable bonds is 5. The number of imide groups is 1. The lowest BCUT2D eigenvalue weighted by Crippen LogP contribution is -2.39. The van der Waals surface area contributed by atoms with Crippen molar-refractivity contribution >= 4 is 35.0 Å². The van der Waals surface area contributed by atoms with Gasteiger partial charge in [-0.3, -0.25) is 19.3 Å². The second kappa shape index (κ2) is 7.54. The van der Waals surface area contributed by atoms with E-state index in [2.05, 4.69) is 5.32 Å². The first kappa shape index (κ1) is 19.8. The highest BCUT2D eigenvalue weighted by Gasteiger charge is 2.59. The molecule has 1 N–H and O–H groups in total. The van der Waals surface area contributed by atoms with Crippen molar-refractivity contribution in [1.29, 1.82) is 0 Å². The summed E-state index contributed by atoms with van der Waals surface area (Å²) in [5, 5.41) is 3.17. The Balaban J connectivity index is 1.31. The smallest absolute Gasteiger partial charge is 0.244 e. The van der Waals surface area contributed by atoms with Gasteiger partial charge in [0, 0.05) is 5.02 Å². The van der Waals surface area contributed by atoms with Crippen LogP contribution in [-0.2, 0) is 14.4 Å². The number of benzene rings is 2. The number of carbonyl (C=O) groups excluding carboxylic acids is 3. The molecular weight excluding hydrogens is 416 g/mol. The van der Waals surface area contributed by atoms with Crippen LogP contribution in [0.4, 0.5) is 5.69 Å². The van der Waals surface area contributed by atoms with Crippen LogP contribution in [0, 0.1) is 30.6 Å². The molecule has 6 nitrogen and oxygen atoms in total. The van der Waals surface area contributed by atoms with Crippen molar-refractivity contribution in [2.24, 2.45) is 23.7 Å². The number of ether oxygens (including phenoxy) is 1. The zero-order valence-electron chi connectivity index (χ0n) is 16.9. The number of likely N-dealkylation sites (tertiary alicyclic amines) is 1. The average molecular weight is 437 g/mol. The number of nitrogens with one attached hydrogen (secondary N) is 1. The van der Waals surface area contributed by atoms with Gasteiger partial charge in [0.15, 0.2) is 5.75 Å². The highest BCUT2D eigenvalue weighted by atomic mass is 35.5. The van der Waals surface area contributed by atoms with E-state index < -0.39 is 5.91 Å². The summed E-state index contributed by atoms with van der Waals surface area (Å²) in [4.78, 5) is 39.5. The quantitative estimate of drug-likeness (QED) is 0.563. The van der Waals surface area contributed by atoms with E-state index in [1.54, 1.807) is 18.2 Å². The van der Waals surface area contributed by atoms with E-state index in [0.717, 1.165) is 16.9 Å². The average Bonchev–Trinajstić information content (AvgIpc) is 3.42. The first-order valence-electron chi connectivity index (χ1n) is 10.3. The molecule has 0 aromatic heterocycles. The van der Waals surface area contributed by atoms with Gasteiger partial charge in [-0.25, -0.2) is 0 Å². The maximum absolute atomic E-state index is 12.8. The molecule has 2 aliphatic carbocycles. The normalized spacial score (nSPS) is 25.8. The van der Waals surface area contributed by atoms with E-state index in [4.69, 9.17) is 16.3 Å². The van der Waals surface area contributed by atoms with E-state index in [0.29, 0.717) is 22.2 Å². The summed E-state index contributed by atoms with van der Waals surface area (Å²) in [5.41, 5.74) is 1.48. The maximum atomic E-state index is 12.8. The molecule has 31 heavy (non-hydrogen) atoms. The molecule has 7 heteroatoms. The summed E-state index contributed by atoms with van der Waals surface area (Å²) in [6, 6.07) is 12.4. The zero-order chi connectivity index (χ0) is 21.7. The van der Waals surface area contributed by atoms with Crippen LogP contribution in [0.1, 0.15) is 12.0 Å². The molecule has 4 atom stereocenters. The number of amides is 3. The molecule has 0 radical (unpaired) electrons. The molecule has 4 unspecified atom stereocenters. The lowest BCUT2D eigenvalue weighted by atomic mass is 9.85. The molecule has 2 aromatic carbocycles. The third-order valence-corrected chi connectivity index (χ3v) is 6.56. The molecule has 3 aliphatic rings. The van der Waals surface area contributed by atoms with E-state index in [1.807, 2.05) is 43.3 Å². The molecule has 2 fully saturated rings. The van der Waals surface area contributed by atoms with E-state index >= 15 is 0 Å². The van der Waals surface area contributed by atoms with Crippen molar-refractivity contribution in [2.45, 2.75) is 13.3 Å². The topological polar surface area (TPSA) is 75.7 Å². The minimum atomic E-state index is -0.474. The van der Waals surface area contributed by atoms with Crippen LogP contribution in [0.5, 0.6) is 11.5 Å². The Morgan fingerprint density at radius 1 is 1.06 bits per heavy atom. The second-order valence-electron chi connectivity index (χ2n) is 8.37. The van der Waals surface area contributed by atoms with E-state index in [9.17, 15) is 14.4 Å². The number of halogens is 1. The predicted octanol–water partition coefficient (Wildman–Crippen LogP) is 4.19. The lowest BCUT2D eigenvalue weighted by molar-refractivity contribution is -0.143. The maximum Gasteiger partial charge on any atom is 0.244 e. The fourth-order valence-electron chi connectivity index (χ4n) is 4.88. The Morgan fingerprint density at radius 2 is 1.71 bits per heavy atom. The molecule has 158 valence electrons. The SMILES string of the molecule is Cc1ccc(Oc2ccc(Cl)cc2NC(=O)CN2C(=O)C3C4C=CC(C4)C3C2=O)cc1. The summed E-state index contributed by atoms with van der Waals surface area (Å²) in [6.45, 7) is 1.66. The Bertz CT molecular complexity index is 1080. The number of nitrogens with zero attached hydrogens (tertiary/aromatic N) is 1. The van der Waals surface area contributed by atoms with Gasteiger partial charge in [-0.1, -0.05) is 41.4 Å². The number of allylic oxidation sites excluding steroid dienone is 2. The summed E-state index contributed by atoms with van der Waals surface area (Å²) in [6.07, 6.45) is 4.91. The van der Waals surface area contributed by atoms with Crippen molar-refractivity contribution < 1.29 is 19.1 Å². The van der Waals surface area contributed by atoms with Crippen molar-refractivity contribution in [3.8, 4) is 11.5 Å². The number of anilines is 1. The molecule has 3 amide bonds. The Kier molecular flexibility index (Phi) is 4.82. The van der Waals surface area contributed by atoms with Gasteiger partial charge in [0.05, 0.1) is 17.5 Å². The van der Waals surface area contributed by atoms with Gasteiger partial charge in [0.2, 0.25) is 17.7 Å². The van der Waals surface area contributed by atoms with Crippen LogP contribution in [-0.4, -0.2) is 29.2 Å². The molecule has 0 spiro atoms. The molecule has 1 aliphatic heterocycles. The highest BCUT2D eigenvalue weighted by Crippen LogP contribution is 2.52. The standard InChI is InChI=1S/C24H21ClN2O4/c1-13-2-7-17(8-3-13)31-19-9-6-16(25)11-18(19)26-20(28)12-27-23(29)21-14-4-5-15(10-14)22(21)24(27)30/h2-9,11,14-15,21-22H,10,12H2,1H3,(H,26,28). The zero-order valence-corrected chi connectivity index (χ0v) is 17.6. The Hall–Kier alpha value is -3.12. The van der Waals surface area contributed by atoms with Gasteiger partial charge in [0.25, 0.3) is 0 Å². The third-order valence-electron chi connectivity index (χ3n) is 6.33. The van der Waals surface area contributed by atoms with Crippen molar-refractivity contribution in [1.82, 2.24) is 4.90 Å². The van der Waals surface area contributed by atoms with Gasteiger partial charge >= 0.3 is 0 Å². The molecule has 1 saturated heterocycles. The summed E-state index contributed by atoms with van der Waals surface area (Å²) >= 11 is 6.11. The minimum Gasteiger partial charge on any atom is -0.455 e. The fourth-order valence-corrected chi connectivity index (χ4v) is 5.05. The van der Waals surface area contributed by atoms with Gasteiger partial charge in [-0.15, -0.1) is 0 Å². The molecule has 2 bridgehead atoms. The summed E-state index contributed by atoms with van der Waals surface area (Å²) in [7, 11) is 0. The highest BCUT2D eigenvalue weighted by molar-refractivity contribution is 6.31. The van der Waals surface area contributed by atoms with Crippen LogP contribution >= 0.6 is 11.6 Å². The number of hydrogen-bond donors (Lipinski definition) is 1. The predicted molar refractivity (Wildman–Crippen MR) is 116 cm³/mol. The molecule has 5 rings (SSSR count). The van der Waals surface area contributed by atoms with Crippen LogP contribution in [0.15, 0.2) is 54.6 Å². The molecule has 2 aromatic rings. The second-order valence-corrected chi connectivity index (χ2v) is 8.80. The van der Waals surface area contributed by atoms with Gasteiger partial charge < -0.3 is 10.1 Å². The van der Waals surface area contributed by atoms with Crippen LogP contribution < -0.4 is 10.1 Å². The fraction of sp³-hybridized carbons (Fsp3) is 0.292. The summed E-state index contributed by atoms with van der Waals surface area (Å²) in [5.74, 6) is -0.344. The lowest BCUT2D eigenvalue weighted by Gasteiger charge is -2.18. The monoisotopic (exact) mass is 436 g/mol. The Labute approximate surface area is 184 Å². The first-order chi connectivity index (χ1) is 14.9. The van der Waals surface area contributed by atoms with E-state index in [1.165, 1.54) is 0 Å². The minimum absolute atomic E-state index is 0.113. The van der Waals surface area contributed by atoms with Crippen molar-refractivity contribution in [3.63, 3.8) is 0 Å². The van der Waals surface area contributed by atoms with Crippen molar-refractivity contribution in [2.75, 3.05) is 11.9 Å². The number of fused-ring (bicyclic) bond motifs is 5. The van der Waals surface area contributed by atoms with Gasteiger partial charge in [-0.2, -0.15) is 0 Å².